The van der Waals surface area contributed by atoms with E-state index in [1.54, 1.807) is 0 Å². The minimum absolute atomic E-state index is 0.616. The molecule has 1 nitrogen and oxygen atoms in total. The van der Waals surface area contributed by atoms with Gasteiger partial charge in [0.25, 0.3) is 0 Å². The van der Waals surface area contributed by atoms with Crippen molar-refractivity contribution in [1.29, 1.82) is 0 Å². The summed E-state index contributed by atoms with van der Waals surface area (Å²) in [5, 5.41) is 0. The zero-order chi connectivity index (χ0) is 8.97. The lowest BCUT2D eigenvalue weighted by Crippen LogP contribution is -2.20. The van der Waals surface area contributed by atoms with Gasteiger partial charge in [0, 0.05) is 6.42 Å². The highest BCUT2D eigenvalue weighted by Crippen LogP contribution is 2.34. The summed E-state index contributed by atoms with van der Waals surface area (Å²) in [6.45, 7) is 4.55. The lowest BCUT2D eigenvalue weighted by atomic mass is 9.75. The highest BCUT2D eigenvalue weighted by molar-refractivity contribution is 5.49. The minimum atomic E-state index is 0.616. The van der Waals surface area contributed by atoms with Gasteiger partial charge in [0.05, 0.1) is 0 Å². The summed E-state index contributed by atoms with van der Waals surface area (Å²) in [6, 6.07) is 0. The van der Waals surface area contributed by atoms with Crippen LogP contribution in [-0.2, 0) is 4.79 Å². The molecule has 0 N–H and O–H groups in total. The van der Waals surface area contributed by atoms with Crippen molar-refractivity contribution >= 4 is 6.29 Å². The number of aldehydes is 1. The highest BCUT2D eigenvalue weighted by Gasteiger charge is 2.23. The Kier molecular flexibility index (Phi) is 3.77. The molecule has 0 amide bonds. The van der Waals surface area contributed by atoms with Crippen LogP contribution in [-0.4, -0.2) is 6.29 Å². The van der Waals surface area contributed by atoms with E-state index in [-0.39, 0.29) is 0 Å². The quantitative estimate of drug-likeness (QED) is 0.592. The van der Waals surface area contributed by atoms with E-state index >= 15 is 0 Å². The molecule has 0 aromatic heterocycles. The van der Waals surface area contributed by atoms with Gasteiger partial charge in [-0.15, -0.1) is 0 Å². The molecule has 1 heteroatoms. The molecule has 3 unspecified atom stereocenters. The first-order chi connectivity index (χ1) is 5.74. The molecular weight excluding hydrogens is 148 g/mol. The van der Waals surface area contributed by atoms with Crippen molar-refractivity contribution in [2.45, 2.75) is 46.0 Å². The highest BCUT2D eigenvalue weighted by atomic mass is 16.1. The first-order valence-corrected chi connectivity index (χ1v) is 5.17. The van der Waals surface area contributed by atoms with Crippen LogP contribution in [0.2, 0.25) is 0 Å². The molecule has 1 saturated carbocycles. The number of hydrogen-bond acceptors (Lipinski definition) is 1. The SMILES string of the molecule is CC1CCCC(C(C)CC=O)C1. The number of hydrogen-bond donors (Lipinski definition) is 0. The summed E-state index contributed by atoms with van der Waals surface area (Å²) in [5.41, 5.74) is 0. The normalized spacial score (nSPS) is 32.8. The molecular formula is C11H20O. The van der Waals surface area contributed by atoms with Gasteiger partial charge < -0.3 is 4.79 Å². The smallest absolute Gasteiger partial charge is 0.120 e. The fourth-order valence-electron chi connectivity index (χ4n) is 2.34. The summed E-state index contributed by atoms with van der Waals surface area (Å²) in [6.07, 6.45) is 7.29. The molecule has 70 valence electrons. The molecule has 1 aliphatic carbocycles. The second kappa shape index (κ2) is 4.64. The van der Waals surface area contributed by atoms with Crippen molar-refractivity contribution in [2.75, 3.05) is 0 Å². The Morgan fingerprint density at radius 3 is 2.83 bits per heavy atom. The molecule has 0 bridgehead atoms. The van der Waals surface area contributed by atoms with E-state index in [2.05, 4.69) is 13.8 Å². The van der Waals surface area contributed by atoms with Crippen LogP contribution in [0, 0.1) is 17.8 Å². The van der Waals surface area contributed by atoms with E-state index in [0.29, 0.717) is 5.92 Å². The van der Waals surface area contributed by atoms with E-state index in [4.69, 9.17) is 0 Å². The lowest BCUT2D eigenvalue weighted by Gasteiger charge is -2.30. The standard InChI is InChI=1S/C11H20O/c1-9-4-3-5-11(8-9)10(2)6-7-12/h7,9-11H,3-6,8H2,1-2H3. The van der Waals surface area contributed by atoms with E-state index in [1.165, 1.54) is 25.7 Å². The monoisotopic (exact) mass is 168 g/mol. The van der Waals surface area contributed by atoms with Crippen LogP contribution in [0.3, 0.4) is 0 Å². The van der Waals surface area contributed by atoms with Gasteiger partial charge in [0.15, 0.2) is 0 Å². The van der Waals surface area contributed by atoms with Crippen LogP contribution < -0.4 is 0 Å². The maximum absolute atomic E-state index is 10.3. The molecule has 3 atom stereocenters. The fraction of sp³-hybridized carbons (Fsp3) is 0.909. The van der Waals surface area contributed by atoms with Gasteiger partial charge in [0.1, 0.15) is 6.29 Å². The zero-order valence-electron chi connectivity index (χ0n) is 8.25. The summed E-state index contributed by atoms with van der Waals surface area (Å²) in [5.74, 6) is 2.32. The molecule has 0 aliphatic heterocycles. The topological polar surface area (TPSA) is 17.1 Å². The van der Waals surface area contributed by atoms with Crippen LogP contribution in [0.15, 0.2) is 0 Å². The molecule has 0 aromatic rings. The van der Waals surface area contributed by atoms with Gasteiger partial charge in [-0.3, -0.25) is 0 Å². The first kappa shape index (κ1) is 9.76. The maximum atomic E-state index is 10.3. The second-order valence-corrected chi connectivity index (χ2v) is 4.41. The third kappa shape index (κ3) is 2.62. The zero-order valence-corrected chi connectivity index (χ0v) is 8.25. The molecule has 1 fully saturated rings. The Bertz CT molecular complexity index is 142. The van der Waals surface area contributed by atoms with Crippen LogP contribution in [0.4, 0.5) is 0 Å². The van der Waals surface area contributed by atoms with Crippen LogP contribution in [0.25, 0.3) is 0 Å². The van der Waals surface area contributed by atoms with Crippen LogP contribution >= 0.6 is 0 Å². The van der Waals surface area contributed by atoms with E-state index in [0.717, 1.165) is 24.5 Å². The van der Waals surface area contributed by atoms with Crippen molar-refractivity contribution in [1.82, 2.24) is 0 Å². The molecule has 0 aromatic carbocycles. The molecule has 0 spiro atoms. The van der Waals surface area contributed by atoms with Gasteiger partial charge in [-0.05, 0) is 24.2 Å². The average Bonchev–Trinajstić information content (AvgIpc) is 2.05. The van der Waals surface area contributed by atoms with Crippen molar-refractivity contribution < 1.29 is 4.79 Å². The molecule has 1 rings (SSSR count). The van der Waals surface area contributed by atoms with E-state index < -0.39 is 0 Å². The van der Waals surface area contributed by atoms with Gasteiger partial charge in [-0.1, -0.05) is 33.1 Å². The Labute approximate surface area is 75.5 Å². The van der Waals surface area contributed by atoms with Crippen molar-refractivity contribution in [3.05, 3.63) is 0 Å². The van der Waals surface area contributed by atoms with Gasteiger partial charge in [-0.2, -0.15) is 0 Å². The molecule has 12 heavy (non-hydrogen) atoms. The molecule has 0 radical (unpaired) electrons. The summed E-state index contributed by atoms with van der Waals surface area (Å²) >= 11 is 0. The summed E-state index contributed by atoms with van der Waals surface area (Å²) in [7, 11) is 0. The molecule has 0 saturated heterocycles. The third-order valence-electron chi connectivity index (χ3n) is 3.25. The predicted molar refractivity (Wildman–Crippen MR) is 51.0 cm³/mol. The Balaban J connectivity index is 2.34. The minimum Gasteiger partial charge on any atom is -0.303 e. The van der Waals surface area contributed by atoms with E-state index in [1.807, 2.05) is 0 Å². The summed E-state index contributed by atoms with van der Waals surface area (Å²) < 4.78 is 0. The average molecular weight is 168 g/mol. The first-order valence-electron chi connectivity index (χ1n) is 5.17. The van der Waals surface area contributed by atoms with Crippen LogP contribution in [0.5, 0.6) is 0 Å². The van der Waals surface area contributed by atoms with Crippen molar-refractivity contribution in [3.63, 3.8) is 0 Å². The lowest BCUT2D eigenvalue weighted by molar-refractivity contribution is -0.109. The second-order valence-electron chi connectivity index (χ2n) is 4.41. The largest absolute Gasteiger partial charge is 0.303 e. The molecule has 1 aliphatic rings. The van der Waals surface area contributed by atoms with Crippen LogP contribution in [0.1, 0.15) is 46.0 Å². The van der Waals surface area contributed by atoms with E-state index in [9.17, 15) is 4.79 Å². The fourth-order valence-corrected chi connectivity index (χ4v) is 2.34. The van der Waals surface area contributed by atoms with Gasteiger partial charge >= 0.3 is 0 Å². The third-order valence-corrected chi connectivity index (χ3v) is 3.25. The Morgan fingerprint density at radius 1 is 1.50 bits per heavy atom. The van der Waals surface area contributed by atoms with Crippen molar-refractivity contribution in [3.8, 4) is 0 Å². The number of carbonyl (C=O) groups is 1. The number of carbonyl (C=O) groups excluding carboxylic acids is 1. The van der Waals surface area contributed by atoms with Gasteiger partial charge in [-0.25, -0.2) is 0 Å². The maximum Gasteiger partial charge on any atom is 0.120 e. The Morgan fingerprint density at radius 2 is 2.25 bits per heavy atom. The van der Waals surface area contributed by atoms with Crippen molar-refractivity contribution in [2.24, 2.45) is 17.8 Å². The Hall–Kier alpha value is -0.330. The summed E-state index contributed by atoms with van der Waals surface area (Å²) in [4.78, 5) is 10.3. The van der Waals surface area contributed by atoms with Gasteiger partial charge in [0.2, 0.25) is 0 Å². The number of rotatable bonds is 3. The predicted octanol–water partition coefficient (Wildman–Crippen LogP) is 3.04. The molecule has 0 heterocycles.